The van der Waals surface area contributed by atoms with E-state index in [-0.39, 0.29) is 5.41 Å². The number of hydrogen-bond acceptors (Lipinski definition) is 0. The van der Waals surface area contributed by atoms with E-state index in [0.29, 0.717) is 0 Å². The molecular formula is C66H54N2. The molecule has 0 unspecified atom stereocenters. The third kappa shape index (κ3) is 6.86. The standard InChI is InChI=1S/C59H44N2.C7H10/c1-37-16-8-9-19-45(37)49-33-39(27-26-38(49)2)41-30-42(40-28-29-57-51(34-40)47-21-11-14-24-55(47)60(57)43-17-6-5-7-18-43)32-44(31-41)61-56-25-15-12-22-48(56)52-35-50-46-20-10-13-23-53(46)59(3,4)54(50)36-58(52)61;1-7-5-3-2-4-6-7/h5-36H,1-4H3;3,5-6H,2,4H2,1H3. The maximum Gasteiger partial charge on any atom is 0.0544 e. The third-order valence-corrected chi connectivity index (χ3v) is 14.8. The first-order valence-electron chi connectivity index (χ1n) is 24.2. The van der Waals surface area contributed by atoms with E-state index in [1.807, 2.05) is 0 Å². The van der Waals surface area contributed by atoms with E-state index in [0.717, 1.165) is 5.69 Å². The van der Waals surface area contributed by atoms with E-state index in [4.69, 9.17) is 0 Å². The van der Waals surface area contributed by atoms with Crippen molar-refractivity contribution in [2.75, 3.05) is 0 Å². The predicted octanol–water partition coefficient (Wildman–Crippen LogP) is 18.1. The van der Waals surface area contributed by atoms with Gasteiger partial charge in [-0.25, -0.2) is 0 Å². The number of para-hydroxylation sites is 3. The van der Waals surface area contributed by atoms with Gasteiger partial charge in [-0.2, -0.15) is 0 Å². The van der Waals surface area contributed by atoms with E-state index in [1.165, 1.54) is 134 Å². The molecule has 0 fully saturated rings. The number of nitrogens with zero attached hydrogens (tertiary/aromatic N) is 2. The van der Waals surface area contributed by atoms with Crippen LogP contribution < -0.4 is 0 Å². The molecule has 0 atom stereocenters. The van der Waals surface area contributed by atoms with Crippen molar-refractivity contribution in [2.45, 2.75) is 52.9 Å². The molecule has 2 aromatic heterocycles. The molecule has 0 aliphatic heterocycles. The lowest BCUT2D eigenvalue weighted by Gasteiger charge is -2.22. The van der Waals surface area contributed by atoms with E-state index in [1.54, 1.807) is 0 Å². The second-order valence-corrected chi connectivity index (χ2v) is 19.4. The monoisotopic (exact) mass is 874 g/mol. The lowest BCUT2D eigenvalue weighted by Crippen LogP contribution is -2.15. The van der Waals surface area contributed by atoms with Gasteiger partial charge in [0.15, 0.2) is 0 Å². The van der Waals surface area contributed by atoms with Crippen molar-refractivity contribution in [1.29, 1.82) is 0 Å². The van der Waals surface area contributed by atoms with Crippen molar-refractivity contribution in [2.24, 2.45) is 0 Å². The Bertz CT molecular complexity index is 3850. The van der Waals surface area contributed by atoms with Gasteiger partial charge in [-0.05, 0) is 173 Å². The molecular weight excluding hydrogens is 821 g/mol. The number of benzene rings is 9. The smallest absolute Gasteiger partial charge is 0.0544 e. The van der Waals surface area contributed by atoms with Gasteiger partial charge in [-0.15, -0.1) is 0 Å². The summed E-state index contributed by atoms with van der Waals surface area (Å²) in [5.74, 6) is 0. The van der Waals surface area contributed by atoms with Crippen LogP contribution in [0, 0.1) is 13.8 Å². The maximum atomic E-state index is 2.52. The van der Waals surface area contributed by atoms with Crippen molar-refractivity contribution in [1.82, 2.24) is 9.13 Å². The minimum absolute atomic E-state index is 0.114. The predicted molar refractivity (Wildman–Crippen MR) is 291 cm³/mol. The summed E-state index contributed by atoms with van der Waals surface area (Å²) in [5.41, 5.74) is 23.8. The summed E-state index contributed by atoms with van der Waals surface area (Å²) < 4.78 is 4.92. The van der Waals surface area contributed by atoms with Crippen LogP contribution in [0.25, 0.3) is 99.5 Å². The summed E-state index contributed by atoms with van der Waals surface area (Å²) in [6, 6.07) is 72.4. The van der Waals surface area contributed by atoms with Gasteiger partial charge in [0.1, 0.15) is 0 Å². The van der Waals surface area contributed by atoms with Crippen molar-refractivity contribution < 1.29 is 0 Å². The summed E-state index contributed by atoms with van der Waals surface area (Å²) in [7, 11) is 0. The second-order valence-electron chi connectivity index (χ2n) is 19.4. The summed E-state index contributed by atoms with van der Waals surface area (Å²) in [6.45, 7) is 11.3. The van der Waals surface area contributed by atoms with E-state index in [2.05, 4.69) is 256 Å². The zero-order valence-corrected chi connectivity index (χ0v) is 39.5. The molecule has 0 N–H and O–H groups in total. The van der Waals surface area contributed by atoms with Gasteiger partial charge in [-0.1, -0.05) is 159 Å². The normalized spacial score (nSPS) is 13.7. The van der Waals surface area contributed by atoms with Gasteiger partial charge in [-0.3, -0.25) is 0 Å². The highest BCUT2D eigenvalue weighted by molar-refractivity contribution is 6.13. The molecule has 68 heavy (non-hydrogen) atoms. The molecule has 9 aromatic carbocycles. The maximum absolute atomic E-state index is 2.52. The Kier molecular flexibility index (Phi) is 10.0. The zero-order chi connectivity index (χ0) is 46.1. The molecule has 2 heteroatoms. The van der Waals surface area contributed by atoms with Gasteiger partial charge in [0.2, 0.25) is 0 Å². The SMILES string of the molecule is CC1=CCCC=C1.Cc1ccccc1-c1cc(-c2cc(-c3ccc4c(c3)c3ccccc3n4-c3ccccc3)cc(-n3c4ccccc4c4cc5c(cc43)C(C)(C)c3ccccc3-5)c2)ccc1C. The van der Waals surface area contributed by atoms with Crippen LogP contribution in [0.5, 0.6) is 0 Å². The molecule has 328 valence electrons. The van der Waals surface area contributed by atoms with Crippen molar-refractivity contribution in [3.05, 3.63) is 240 Å². The molecule has 0 spiro atoms. The highest BCUT2D eigenvalue weighted by Crippen LogP contribution is 2.51. The van der Waals surface area contributed by atoms with Crippen molar-refractivity contribution in [3.8, 4) is 55.9 Å². The quantitative estimate of drug-likeness (QED) is 0.163. The Morgan fingerprint density at radius 1 is 0.368 bits per heavy atom. The third-order valence-electron chi connectivity index (χ3n) is 14.8. The molecule has 0 saturated carbocycles. The topological polar surface area (TPSA) is 9.86 Å². The van der Waals surface area contributed by atoms with Crippen LogP contribution >= 0.6 is 0 Å². The highest BCUT2D eigenvalue weighted by Gasteiger charge is 2.36. The average Bonchev–Trinajstić information content (AvgIpc) is 3.96. The van der Waals surface area contributed by atoms with Gasteiger partial charge in [0, 0.05) is 38.3 Å². The van der Waals surface area contributed by atoms with Gasteiger partial charge in [0.25, 0.3) is 0 Å². The van der Waals surface area contributed by atoms with Gasteiger partial charge < -0.3 is 9.13 Å². The lowest BCUT2D eigenvalue weighted by molar-refractivity contribution is 0.661. The molecule has 0 bridgehead atoms. The van der Waals surface area contributed by atoms with Gasteiger partial charge in [0.05, 0.1) is 22.1 Å². The van der Waals surface area contributed by atoms with Crippen LogP contribution in [0.2, 0.25) is 0 Å². The number of fused-ring (bicyclic) bond motifs is 9. The Labute approximate surface area is 399 Å². The van der Waals surface area contributed by atoms with E-state index in [9.17, 15) is 0 Å². The van der Waals surface area contributed by atoms with Crippen LogP contribution in [0.15, 0.2) is 218 Å². The first kappa shape index (κ1) is 41.5. The Hall–Kier alpha value is -7.94. The summed E-state index contributed by atoms with van der Waals surface area (Å²) >= 11 is 0. The number of hydrogen-bond donors (Lipinski definition) is 0. The number of aromatic nitrogens is 2. The van der Waals surface area contributed by atoms with Crippen LogP contribution in [-0.2, 0) is 5.41 Å². The second kappa shape index (κ2) is 16.4. The van der Waals surface area contributed by atoms with E-state index < -0.39 is 0 Å². The highest BCUT2D eigenvalue weighted by atomic mass is 15.0. The fourth-order valence-electron chi connectivity index (χ4n) is 11.2. The molecule has 0 radical (unpaired) electrons. The molecule has 2 aliphatic carbocycles. The molecule has 0 saturated heterocycles. The lowest BCUT2D eigenvalue weighted by atomic mass is 9.82. The Morgan fingerprint density at radius 3 is 1.65 bits per heavy atom. The average molecular weight is 875 g/mol. The first-order valence-corrected chi connectivity index (χ1v) is 24.2. The largest absolute Gasteiger partial charge is 0.309 e. The molecule has 2 nitrogen and oxygen atoms in total. The van der Waals surface area contributed by atoms with Crippen LogP contribution in [0.1, 0.15) is 55.9 Å². The van der Waals surface area contributed by atoms with Crippen LogP contribution in [0.4, 0.5) is 0 Å². The Balaban J connectivity index is 0.000000632. The molecule has 11 aromatic rings. The number of allylic oxidation sites excluding steroid dienone is 4. The summed E-state index contributed by atoms with van der Waals surface area (Å²) in [5, 5.41) is 5.04. The number of aryl methyl sites for hydroxylation is 2. The number of rotatable bonds is 5. The zero-order valence-electron chi connectivity index (χ0n) is 39.5. The molecule has 2 heterocycles. The van der Waals surface area contributed by atoms with Crippen molar-refractivity contribution >= 4 is 43.6 Å². The fraction of sp³-hybridized carbons (Fsp3) is 0.121. The fourth-order valence-corrected chi connectivity index (χ4v) is 11.2. The Morgan fingerprint density at radius 2 is 0.956 bits per heavy atom. The van der Waals surface area contributed by atoms with Crippen molar-refractivity contribution in [3.63, 3.8) is 0 Å². The molecule has 13 rings (SSSR count). The minimum atomic E-state index is -0.114. The molecule has 2 aliphatic rings. The first-order chi connectivity index (χ1) is 33.2. The minimum Gasteiger partial charge on any atom is -0.309 e. The van der Waals surface area contributed by atoms with E-state index >= 15 is 0 Å². The van der Waals surface area contributed by atoms with Crippen LogP contribution in [-0.4, -0.2) is 9.13 Å². The van der Waals surface area contributed by atoms with Crippen LogP contribution in [0.3, 0.4) is 0 Å². The summed E-state index contributed by atoms with van der Waals surface area (Å²) in [6.07, 6.45) is 9.12. The molecule has 0 amide bonds. The summed E-state index contributed by atoms with van der Waals surface area (Å²) in [4.78, 5) is 0. The van der Waals surface area contributed by atoms with Gasteiger partial charge >= 0.3 is 0 Å².